The first kappa shape index (κ1) is 12.2. The van der Waals surface area contributed by atoms with E-state index in [0.717, 1.165) is 37.9 Å². The van der Waals surface area contributed by atoms with E-state index in [1.807, 2.05) is 17.1 Å². The molecule has 100 valence electrons. The van der Waals surface area contributed by atoms with Gasteiger partial charge in [0.25, 0.3) is 0 Å². The van der Waals surface area contributed by atoms with Crippen molar-refractivity contribution in [2.24, 2.45) is 0 Å². The summed E-state index contributed by atoms with van der Waals surface area (Å²) in [6, 6.07) is 0. The average Bonchev–Trinajstić information content (AvgIpc) is 2.98. The maximum Gasteiger partial charge on any atom is 0.164 e. The lowest BCUT2D eigenvalue weighted by Crippen LogP contribution is -1.98. The number of fused-ring (bicyclic) bond motifs is 1. The SMILES string of the molecule is CCn1cc(Cn2cc3c(c2)C(=O)CCCC3)cn1. The lowest BCUT2D eigenvalue weighted by molar-refractivity contribution is 0.0982. The number of hydrogen-bond acceptors (Lipinski definition) is 2. The van der Waals surface area contributed by atoms with E-state index in [2.05, 4.69) is 29.0 Å². The van der Waals surface area contributed by atoms with Gasteiger partial charge in [0, 0.05) is 42.7 Å². The minimum atomic E-state index is 0.301. The number of aryl methyl sites for hydroxylation is 2. The Morgan fingerprint density at radius 3 is 2.84 bits per heavy atom. The van der Waals surface area contributed by atoms with Gasteiger partial charge in [-0.2, -0.15) is 5.10 Å². The van der Waals surface area contributed by atoms with Crippen LogP contribution in [0.5, 0.6) is 0 Å². The van der Waals surface area contributed by atoms with E-state index in [4.69, 9.17) is 0 Å². The van der Waals surface area contributed by atoms with Gasteiger partial charge in [-0.05, 0) is 31.7 Å². The number of hydrogen-bond donors (Lipinski definition) is 0. The second-order valence-corrected chi connectivity index (χ2v) is 5.20. The first-order chi connectivity index (χ1) is 9.26. The molecule has 19 heavy (non-hydrogen) atoms. The molecule has 1 aliphatic carbocycles. The molecule has 2 heterocycles. The summed E-state index contributed by atoms with van der Waals surface area (Å²) in [7, 11) is 0. The summed E-state index contributed by atoms with van der Waals surface area (Å²) in [4.78, 5) is 12.0. The van der Waals surface area contributed by atoms with Crippen molar-refractivity contribution in [3.63, 3.8) is 0 Å². The highest BCUT2D eigenvalue weighted by molar-refractivity contribution is 5.97. The molecule has 0 radical (unpaired) electrons. The molecule has 0 atom stereocenters. The van der Waals surface area contributed by atoms with Crippen molar-refractivity contribution in [2.45, 2.75) is 45.7 Å². The number of rotatable bonds is 3. The van der Waals surface area contributed by atoms with E-state index < -0.39 is 0 Å². The highest BCUT2D eigenvalue weighted by Crippen LogP contribution is 2.22. The summed E-state index contributed by atoms with van der Waals surface area (Å²) < 4.78 is 4.04. The van der Waals surface area contributed by atoms with Crippen molar-refractivity contribution in [1.29, 1.82) is 0 Å². The summed E-state index contributed by atoms with van der Waals surface area (Å²) in [5.41, 5.74) is 3.32. The third-order valence-corrected chi connectivity index (χ3v) is 3.74. The first-order valence-corrected chi connectivity index (χ1v) is 6.99. The Hall–Kier alpha value is -1.84. The van der Waals surface area contributed by atoms with Crippen molar-refractivity contribution < 1.29 is 4.79 Å². The summed E-state index contributed by atoms with van der Waals surface area (Å²) >= 11 is 0. The number of carbonyl (C=O) groups is 1. The standard InChI is InChI=1S/C15H19N3O/c1-2-18-9-12(7-16-18)8-17-10-13-5-3-4-6-15(19)14(13)11-17/h7,9-11H,2-6,8H2,1H3. The molecule has 0 saturated carbocycles. The van der Waals surface area contributed by atoms with Crippen molar-refractivity contribution in [1.82, 2.24) is 14.3 Å². The van der Waals surface area contributed by atoms with Gasteiger partial charge in [0.15, 0.2) is 5.78 Å². The molecule has 0 aromatic carbocycles. The molecule has 2 aromatic heterocycles. The Balaban J connectivity index is 1.82. The van der Waals surface area contributed by atoms with Crippen LogP contribution in [0.15, 0.2) is 24.8 Å². The van der Waals surface area contributed by atoms with Crippen LogP contribution in [-0.2, 0) is 19.5 Å². The normalized spacial score (nSPS) is 15.3. The van der Waals surface area contributed by atoms with Gasteiger partial charge in [-0.25, -0.2) is 0 Å². The highest BCUT2D eigenvalue weighted by atomic mass is 16.1. The van der Waals surface area contributed by atoms with Crippen LogP contribution in [0.2, 0.25) is 0 Å². The maximum atomic E-state index is 12.0. The van der Waals surface area contributed by atoms with Gasteiger partial charge >= 0.3 is 0 Å². The molecule has 0 unspecified atom stereocenters. The third kappa shape index (κ3) is 2.48. The Bertz CT molecular complexity index is 594. The fourth-order valence-corrected chi connectivity index (χ4v) is 2.70. The van der Waals surface area contributed by atoms with E-state index in [9.17, 15) is 4.79 Å². The zero-order chi connectivity index (χ0) is 13.2. The van der Waals surface area contributed by atoms with E-state index in [-0.39, 0.29) is 0 Å². The molecule has 0 fully saturated rings. The molecule has 3 rings (SSSR count). The summed E-state index contributed by atoms with van der Waals surface area (Å²) in [6.45, 7) is 3.76. The van der Waals surface area contributed by atoms with Crippen LogP contribution in [0.4, 0.5) is 0 Å². The topological polar surface area (TPSA) is 39.8 Å². The van der Waals surface area contributed by atoms with Gasteiger partial charge in [0.1, 0.15) is 0 Å². The molecule has 0 bridgehead atoms. The van der Waals surface area contributed by atoms with Crippen LogP contribution in [0.1, 0.15) is 47.7 Å². The molecule has 0 aliphatic heterocycles. The van der Waals surface area contributed by atoms with E-state index in [1.54, 1.807) is 0 Å². The van der Waals surface area contributed by atoms with Crippen molar-refractivity contribution in [3.05, 3.63) is 41.5 Å². The van der Waals surface area contributed by atoms with Crippen LogP contribution in [-0.4, -0.2) is 20.1 Å². The Morgan fingerprint density at radius 2 is 2.05 bits per heavy atom. The summed E-state index contributed by atoms with van der Waals surface area (Å²) in [5, 5.41) is 4.28. The minimum Gasteiger partial charge on any atom is -0.349 e. The number of Topliss-reactive ketones (excluding diaryl/α,β-unsaturated/α-hetero) is 1. The van der Waals surface area contributed by atoms with Crippen LogP contribution in [0.25, 0.3) is 0 Å². The minimum absolute atomic E-state index is 0.301. The highest BCUT2D eigenvalue weighted by Gasteiger charge is 2.17. The first-order valence-electron chi connectivity index (χ1n) is 6.99. The van der Waals surface area contributed by atoms with Crippen LogP contribution in [0, 0.1) is 0 Å². The van der Waals surface area contributed by atoms with Gasteiger partial charge < -0.3 is 4.57 Å². The predicted octanol–water partition coefficient (Wildman–Crippen LogP) is 2.66. The van der Waals surface area contributed by atoms with E-state index in [1.165, 1.54) is 11.1 Å². The Labute approximate surface area is 113 Å². The average molecular weight is 257 g/mol. The van der Waals surface area contributed by atoms with Crippen molar-refractivity contribution >= 4 is 5.78 Å². The molecular formula is C15H19N3O. The largest absolute Gasteiger partial charge is 0.349 e. The van der Waals surface area contributed by atoms with Gasteiger partial charge in [0.05, 0.1) is 12.7 Å². The molecule has 0 spiro atoms. The number of aromatic nitrogens is 3. The molecule has 2 aromatic rings. The Morgan fingerprint density at radius 1 is 1.21 bits per heavy atom. The third-order valence-electron chi connectivity index (χ3n) is 3.74. The number of ketones is 1. The lowest BCUT2D eigenvalue weighted by Gasteiger charge is -2.00. The fraction of sp³-hybridized carbons (Fsp3) is 0.467. The molecular weight excluding hydrogens is 238 g/mol. The molecule has 1 aliphatic rings. The van der Waals surface area contributed by atoms with Crippen molar-refractivity contribution in [2.75, 3.05) is 0 Å². The maximum absolute atomic E-state index is 12.0. The number of carbonyl (C=O) groups excluding carboxylic acids is 1. The van der Waals surface area contributed by atoms with Crippen molar-refractivity contribution in [3.8, 4) is 0 Å². The van der Waals surface area contributed by atoms with Crippen LogP contribution >= 0.6 is 0 Å². The number of nitrogens with zero attached hydrogens (tertiary/aromatic N) is 3. The zero-order valence-electron chi connectivity index (χ0n) is 11.3. The second-order valence-electron chi connectivity index (χ2n) is 5.20. The molecule has 0 N–H and O–H groups in total. The summed E-state index contributed by atoms with van der Waals surface area (Å²) in [6.07, 6.45) is 12.0. The quantitative estimate of drug-likeness (QED) is 0.793. The molecule has 0 saturated heterocycles. The van der Waals surface area contributed by atoms with Crippen LogP contribution in [0.3, 0.4) is 0 Å². The molecule has 0 amide bonds. The van der Waals surface area contributed by atoms with Gasteiger partial charge in [-0.1, -0.05) is 0 Å². The lowest BCUT2D eigenvalue weighted by atomic mass is 10.1. The van der Waals surface area contributed by atoms with Gasteiger partial charge in [0.2, 0.25) is 0 Å². The van der Waals surface area contributed by atoms with Gasteiger partial charge in [-0.15, -0.1) is 0 Å². The zero-order valence-corrected chi connectivity index (χ0v) is 11.3. The monoisotopic (exact) mass is 257 g/mol. The summed E-state index contributed by atoms with van der Waals surface area (Å²) in [5.74, 6) is 0.301. The smallest absolute Gasteiger partial charge is 0.164 e. The molecule has 4 heteroatoms. The Kier molecular flexibility index (Phi) is 3.23. The van der Waals surface area contributed by atoms with E-state index in [0.29, 0.717) is 12.2 Å². The second kappa shape index (κ2) is 5.03. The van der Waals surface area contributed by atoms with E-state index >= 15 is 0 Å². The fourth-order valence-electron chi connectivity index (χ4n) is 2.70. The van der Waals surface area contributed by atoms with Crippen LogP contribution < -0.4 is 0 Å². The molecule has 4 nitrogen and oxygen atoms in total. The van der Waals surface area contributed by atoms with Gasteiger partial charge in [-0.3, -0.25) is 9.48 Å². The predicted molar refractivity (Wildman–Crippen MR) is 73.3 cm³/mol.